The number of aliphatic hydroxyl groups excluding tert-OH is 1. The van der Waals surface area contributed by atoms with Crippen LogP contribution in [0.2, 0.25) is 0 Å². The van der Waals surface area contributed by atoms with E-state index in [2.05, 4.69) is 27.7 Å². The molecule has 188 valence electrons. The molecule has 0 saturated carbocycles. The lowest BCUT2D eigenvalue weighted by Gasteiger charge is -2.39. The number of rotatable bonds is 25. The number of aliphatic hydroxyl groups is 1. The molecule has 0 aliphatic heterocycles. The summed E-state index contributed by atoms with van der Waals surface area (Å²) in [6, 6.07) is 0. The summed E-state index contributed by atoms with van der Waals surface area (Å²) in [7, 11) is 0. The Morgan fingerprint density at radius 1 is 0.419 bits per heavy atom. The molecule has 0 rings (SSSR count). The van der Waals surface area contributed by atoms with Crippen molar-refractivity contribution in [2.45, 2.75) is 188 Å². The van der Waals surface area contributed by atoms with Gasteiger partial charge in [-0.15, -0.1) is 0 Å². The molecule has 0 aromatic heterocycles. The zero-order valence-electron chi connectivity index (χ0n) is 22.5. The van der Waals surface area contributed by atoms with Crippen LogP contribution in [0.25, 0.3) is 0 Å². The predicted octanol–water partition coefficient (Wildman–Crippen LogP) is 10.8. The highest BCUT2D eigenvalue weighted by molar-refractivity contribution is 4.86. The van der Waals surface area contributed by atoms with E-state index in [-0.39, 0.29) is 11.5 Å². The maximum atomic E-state index is 11.1. The Labute approximate surface area is 198 Å². The fourth-order valence-corrected chi connectivity index (χ4v) is 5.31. The average Bonchev–Trinajstić information content (AvgIpc) is 2.79. The first-order valence-electron chi connectivity index (χ1n) is 14.8. The van der Waals surface area contributed by atoms with Gasteiger partial charge in [0.05, 0.1) is 6.10 Å². The van der Waals surface area contributed by atoms with Crippen LogP contribution in [0.15, 0.2) is 0 Å². The summed E-state index contributed by atoms with van der Waals surface area (Å²) >= 11 is 0. The Balaban J connectivity index is 4.04. The summed E-state index contributed by atoms with van der Waals surface area (Å²) < 4.78 is 0. The fourth-order valence-electron chi connectivity index (χ4n) is 5.31. The van der Waals surface area contributed by atoms with Crippen LogP contribution in [-0.4, -0.2) is 11.2 Å². The summed E-state index contributed by atoms with van der Waals surface area (Å²) in [5.41, 5.74) is 0.207. The summed E-state index contributed by atoms with van der Waals surface area (Å²) in [4.78, 5) is 0. The second kappa shape index (κ2) is 23.1. The third-order valence-corrected chi connectivity index (χ3v) is 7.62. The van der Waals surface area contributed by atoms with Crippen molar-refractivity contribution in [3.63, 3.8) is 0 Å². The van der Waals surface area contributed by atoms with E-state index in [1.807, 2.05) is 0 Å². The van der Waals surface area contributed by atoms with Gasteiger partial charge in [0.15, 0.2) is 0 Å². The van der Waals surface area contributed by atoms with Crippen molar-refractivity contribution in [1.29, 1.82) is 0 Å². The topological polar surface area (TPSA) is 20.2 Å². The van der Waals surface area contributed by atoms with E-state index in [0.717, 1.165) is 6.42 Å². The Kier molecular flexibility index (Phi) is 23.1. The molecule has 0 aromatic rings. The number of hydrogen-bond donors (Lipinski definition) is 1. The Bertz CT molecular complexity index is 329. The van der Waals surface area contributed by atoms with Gasteiger partial charge in [-0.3, -0.25) is 0 Å². The zero-order chi connectivity index (χ0) is 23.0. The standard InChI is InChI=1S/C30H62O/c1-5-9-13-14-15-16-17-18-19-20-21-22-23-24-28-30(26-11-7-3,27-12-8-4)29(31)25-10-6-2/h29,31H,5-28H2,1-4H3. The summed E-state index contributed by atoms with van der Waals surface area (Å²) in [5.74, 6) is 0. The van der Waals surface area contributed by atoms with Gasteiger partial charge in [0.25, 0.3) is 0 Å². The normalized spacial score (nSPS) is 13.1. The van der Waals surface area contributed by atoms with Gasteiger partial charge in [0.2, 0.25) is 0 Å². The SMILES string of the molecule is CCCCCCCCCCCCCCCCC(CCCC)(CCCC)C(O)CCCC. The van der Waals surface area contributed by atoms with Crippen molar-refractivity contribution in [3.8, 4) is 0 Å². The average molecular weight is 439 g/mol. The lowest BCUT2D eigenvalue weighted by Crippen LogP contribution is -2.35. The molecule has 0 saturated heterocycles. The molecule has 1 nitrogen and oxygen atoms in total. The van der Waals surface area contributed by atoms with Crippen molar-refractivity contribution in [3.05, 3.63) is 0 Å². The lowest BCUT2D eigenvalue weighted by atomic mass is 9.69. The first kappa shape index (κ1) is 31.0. The predicted molar refractivity (Wildman–Crippen MR) is 142 cm³/mol. The highest BCUT2D eigenvalue weighted by Gasteiger charge is 2.35. The van der Waals surface area contributed by atoms with Crippen LogP contribution in [0.5, 0.6) is 0 Å². The molecule has 0 bridgehead atoms. The van der Waals surface area contributed by atoms with Gasteiger partial charge >= 0.3 is 0 Å². The van der Waals surface area contributed by atoms with Gasteiger partial charge in [0, 0.05) is 0 Å². The first-order chi connectivity index (χ1) is 15.2. The monoisotopic (exact) mass is 438 g/mol. The molecule has 0 aliphatic carbocycles. The van der Waals surface area contributed by atoms with E-state index in [4.69, 9.17) is 0 Å². The molecule has 0 radical (unpaired) electrons. The Hall–Kier alpha value is -0.0400. The minimum absolute atomic E-state index is 0.0764. The molecule has 0 heterocycles. The van der Waals surface area contributed by atoms with Crippen LogP contribution in [0.1, 0.15) is 182 Å². The van der Waals surface area contributed by atoms with E-state index < -0.39 is 0 Å². The molecule has 0 spiro atoms. The van der Waals surface area contributed by atoms with Gasteiger partial charge in [-0.2, -0.15) is 0 Å². The molecule has 1 N–H and O–H groups in total. The van der Waals surface area contributed by atoms with Crippen LogP contribution in [-0.2, 0) is 0 Å². The minimum Gasteiger partial charge on any atom is -0.393 e. The van der Waals surface area contributed by atoms with Crippen molar-refractivity contribution in [2.24, 2.45) is 5.41 Å². The lowest BCUT2D eigenvalue weighted by molar-refractivity contribution is -0.00805. The fraction of sp³-hybridized carbons (Fsp3) is 1.00. The van der Waals surface area contributed by atoms with Crippen LogP contribution in [0, 0.1) is 5.41 Å². The molecule has 0 aliphatic rings. The Morgan fingerprint density at radius 3 is 1.13 bits per heavy atom. The summed E-state index contributed by atoms with van der Waals surface area (Å²) in [6.07, 6.45) is 32.1. The largest absolute Gasteiger partial charge is 0.393 e. The van der Waals surface area contributed by atoms with Crippen molar-refractivity contribution in [1.82, 2.24) is 0 Å². The molecular formula is C30H62O. The Morgan fingerprint density at radius 2 is 0.742 bits per heavy atom. The van der Waals surface area contributed by atoms with E-state index in [1.54, 1.807) is 0 Å². The third-order valence-electron chi connectivity index (χ3n) is 7.62. The van der Waals surface area contributed by atoms with E-state index >= 15 is 0 Å². The number of unbranched alkanes of at least 4 members (excludes halogenated alkanes) is 16. The van der Waals surface area contributed by atoms with Gasteiger partial charge in [-0.1, -0.05) is 156 Å². The van der Waals surface area contributed by atoms with Crippen molar-refractivity contribution >= 4 is 0 Å². The number of hydrogen-bond acceptors (Lipinski definition) is 1. The van der Waals surface area contributed by atoms with Crippen molar-refractivity contribution < 1.29 is 5.11 Å². The van der Waals surface area contributed by atoms with Gasteiger partial charge in [-0.05, 0) is 31.1 Å². The van der Waals surface area contributed by atoms with Crippen LogP contribution < -0.4 is 0 Å². The van der Waals surface area contributed by atoms with Crippen LogP contribution in [0.3, 0.4) is 0 Å². The molecule has 1 unspecified atom stereocenters. The van der Waals surface area contributed by atoms with Gasteiger partial charge in [0.1, 0.15) is 0 Å². The van der Waals surface area contributed by atoms with E-state index in [0.29, 0.717) is 0 Å². The molecule has 0 aromatic carbocycles. The summed E-state index contributed by atoms with van der Waals surface area (Å²) in [5, 5.41) is 11.1. The quantitative estimate of drug-likeness (QED) is 0.140. The maximum absolute atomic E-state index is 11.1. The molecule has 0 fully saturated rings. The molecular weight excluding hydrogens is 376 g/mol. The van der Waals surface area contributed by atoms with Crippen LogP contribution >= 0.6 is 0 Å². The second-order valence-corrected chi connectivity index (χ2v) is 10.6. The maximum Gasteiger partial charge on any atom is 0.0596 e. The molecule has 31 heavy (non-hydrogen) atoms. The molecule has 1 heteroatoms. The van der Waals surface area contributed by atoms with Gasteiger partial charge < -0.3 is 5.11 Å². The molecule has 0 amide bonds. The minimum atomic E-state index is -0.0764. The van der Waals surface area contributed by atoms with Gasteiger partial charge in [-0.25, -0.2) is 0 Å². The smallest absolute Gasteiger partial charge is 0.0596 e. The first-order valence-corrected chi connectivity index (χ1v) is 14.8. The summed E-state index contributed by atoms with van der Waals surface area (Å²) in [6.45, 7) is 9.15. The van der Waals surface area contributed by atoms with Crippen LogP contribution in [0.4, 0.5) is 0 Å². The highest BCUT2D eigenvalue weighted by atomic mass is 16.3. The third kappa shape index (κ3) is 17.1. The zero-order valence-corrected chi connectivity index (χ0v) is 22.5. The second-order valence-electron chi connectivity index (χ2n) is 10.6. The van der Waals surface area contributed by atoms with E-state index in [1.165, 1.54) is 148 Å². The van der Waals surface area contributed by atoms with Crippen molar-refractivity contribution in [2.75, 3.05) is 0 Å². The van der Waals surface area contributed by atoms with E-state index in [9.17, 15) is 5.11 Å². The highest BCUT2D eigenvalue weighted by Crippen LogP contribution is 2.42. The molecule has 1 atom stereocenters.